The van der Waals surface area contributed by atoms with Gasteiger partial charge >= 0.3 is 0 Å². The number of nitrogens with one attached hydrogen (secondary N) is 1. The van der Waals surface area contributed by atoms with Crippen LogP contribution in [0.4, 0.5) is 5.69 Å². The third kappa shape index (κ3) is 2.17. The minimum atomic E-state index is -0.0373. The van der Waals surface area contributed by atoms with Crippen LogP contribution in [0.5, 0.6) is 0 Å². The molecule has 0 radical (unpaired) electrons. The highest BCUT2D eigenvalue weighted by Crippen LogP contribution is 2.28. The third-order valence-electron chi connectivity index (χ3n) is 3.99. The van der Waals surface area contributed by atoms with E-state index in [-0.39, 0.29) is 5.54 Å². The standard InChI is InChI=1S/C14H21N3/c15-14(7-8-16-10-14)11-17-9-3-5-12-4-1-2-6-13(12)17/h1-2,4,6,16H,3,5,7-11,15H2. The number of anilines is 1. The van der Waals surface area contributed by atoms with Crippen molar-refractivity contribution in [2.45, 2.75) is 24.8 Å². The van der Waals surface area contributed by atoms with Crippen molar-refractivity contribution in [3.05, 3.63) is 29.8 Å². The van der Waals surface area contributed by atoms with Gasteiger partial charge in [-0.3, -0.25) is 0 Å². The highest BCUT2D eigenvalue weighted by molar-refractivity contribution is 5.55. The molecule has 0 amide bonds. The second-order valence-corrected chi connectivity index (χ2v) is 5.44. The largest absolute Gasteiger partial charge is 0.369 e. The van der Waals surface area contributed by atoms with E-state index >= 15 is 0 Å². The lowest BCUT2D eigenvalue weighted by molar-refractivity contribution is 0.453. The number of aryl methyl sites for hydroxylation is 1. The molecular formula is C14H21N3. The normalized spacial score (nSPS) is 28.2. The van der Waals surface area contributed by atoms with E-state index in [1.165, 1.54) is 24.1 Å². The molecule has 1 atom stereocenters. The van der Waals surface area contributed by atoms with Crippen LogP contribution in [0.1, 0.15) is 18.4 Å². The highest BCUT2D eigenvalue weighted by atomic mass is 15.2. The summed E-state index contributed by atoms with van der Waals surface area (Å²) in [5.74, 6) is 0. The summed E-state index contributed by atoms with van der Waals surface area (Å²) in [5, 5.41) is 3.37. The maximum absolute atomic E-state index is 6.44. The van der Waals surface area contributed by atoms with Gasteiger partial charge in [0.15, 0.2) is 0 Å². The van der Waals surface area contributed by atoms with E-state index in [1.807, 2.05) is 0 Å². The fourth-order valence-electron chi connectivity index (χ4n) is 3.05. The number of fused-ring (bicyclic) bond motifs is 1. The van der Waals surface area contributed by atoms with E-state index in [0.717, 1.165) is 32.6 Å². The van der Waals surface area contributed by atoms with Gasteiger partial charge in [0.2, 0.25) is 0 Å². The molecule has 0 bridgehead atoms. The zero-order valence-corrected chi connectivity index (χ0v) is 10.3. The number of nitrogens with two attached hydrogens (primary N) is 1. The molecule has 1 aromatic carbocycles. The Labute approximate surface area is 103 Å². The van der Waals surface area contributed by atoms with Crippen molar-refractivity contribution in [3.8, 4) is 0 Å². The van der Waals surface area contributed by atoms with Gasteiger partial charge in [-0.15, -0.1) is 0 Å². The lowest BCUT2D eigenvalue weighted by atomic mass is 9.95. The van der Waals surface area contributed by atoms with E-state index in [9.17, 15) is 0 Å². The number of hydrogen-bond acceptors (Lipinski definition) is 3. The number of para-hydroxylation sites is 1. The molecule has 17 heavy (non-hydrogen) atoms. The predicted octanol–water partition coefficient (Wildman–Crippen LogP) is 1.13. The molecule has 3 rings (SSSR count). The van der Waals surface area contributed by atoms with E-state index < -0.39 is 0 Å². The van der Waals surface area contributed by atoms with Crippen molar-refractivity contribution < 1.29 is 0 Å². The fraction of sp³-hybridized carbons (Fsp3) is 0.571. The first-order chi connectivity index (χ1) is 8.27. The molecule has 1 aromatic rings. The van der Waals surface area contributed by atoms with E-state index in [0.29, 0.717) is 0 Å². The van der Waals surface area contributed by atoms with Crippen LogP contribution in [-0.4, -0.2) is 31.7 Å². The molecule has 3 N–H and O–H groups in total. The molecule has 0 saturated carbocycles. The molecule has 2 heterocycles. The Balaban J connectivity index is 1.81. The first-order valence-electron chi connectivity index (χ1n) is 6.59. The van der Waals surface area contributed by atoms with E-state index in [4.69, 9.17) is 5.73 Å². The van der Waals surface area contributed by atoms with Gasteiger partial charge in [0.25, 0.3) is 0 Å². The summed E-state index contributed by atoms with van der Waals surface area (Å²) in [6.45, 7) is 4.14. The average Bonchev–Trinajstić information content (AvgIpc) is 2.76. The number of nitrogens with zero attached hydrogens (tertiary/aromatic N) is 1. The van der Waals surface area contributed by atoms with Gasteiger partial charge in [0, 0.05) is 30.9 Å². The first kappa shape index (κ1) is 11.1. The second-order valence-electron chi connectivity index (χ2n) is 5.44. The van der Waals surface area contributed by atoms with Gasteiger partial charge in [-0.2, -0.15) is 0 Å². The SMILES string of the molecule is NC1(CN2CCCc3ccccc32)CCNC1. The molecule has 1 fully saturated rings. The Kier molecular flexibility index (Phi) is 2.81. The molecular weight excluding hydrogens is 210 g/mol. The lowest BCUT2D eigenvalue weighted by Crippen LogP contribution is -2.52. The molecule has 92 valence electrons. The monoisotopic (exact) mass is 231 g/mol. The van der Waals surface area contributed by atoms with Crippen molar-refractivity contribution in [3.63, 3.8) is 0 Å². The highest BCUT2D eigenvalue weighted by Gasteiger charge is 2.32. The van der Waals surface area contributed by atoms with Crippen LogP contribution in [0.2, 0.25) is 0 Å². The molecule has 0 spiro atoms. The van der Waals surface area contributed by atoms with Crippen LogP contribution in [0.15, 0.2) is 24.3 Å². The molecule has 2 aliphatic heterocycles. The second kappa shape index (κ2) is 4.31. The molecule has 0 aliphatic carbocycles. The third-order valence-corrected chi connectivity index (χ3v) is 3.99. The molecule has 2 aliphatic rings. The average molecular weight is 231 g/mol. The summed E-state index contributed by atoms with van der Waals surface area (Å²) in [7, 11) is 0. The molecule has 3 heteroatoms. The van der Waals surface area contributed by atoms with Crippen LogP contribution >= 0.6 is 0 Å². The van der Waals surface area contributed by atoms with Gasteiger partial charge in [-0.1, -0.05) is 18.2 Å². The van der Waals surface area contributed by atoms with Crippen molar-refractivity contribution in [1.82, 2.24) is 5.32 Å². The topological polar surface area (TPSA) is 41.3 Å². The first-order valence-corrected chi connectivity index (χ1v) is 6.59. The van der Waals surface area contributed by atoms with Crippen LogP contribution < -0.4 is 16.0 Å². The van der Waals surface area contributed by atoms with Crippen molar-refractivity contribution in [2.75, 3.05) is 31.1 Å². The van der Waals surface area contributed by atoms with Crippen LogP contribution in [-0.2, 0) is 6.42 Å². The summed E-state index contributed by atoms with van der Waals surface area (Å²) in [5.41, 5.74) is 9.28. The fourth-order valence-corrected chi connectivity index (χ4v) is 3.05. The van der Waals surface area contributed by atoms with Crippen molar-refractivity contribution in [1.29, 1.82) is 0 Å². The lowest BCUT2D eigenvalue weighted by Gasteiger charge is -2.37. The minimum absolute atomic E-state index is 0.0373. The smallest absolute Gasteiger partial charge is 0.0470 e. The minimum Gasteiger partial charge on any atom is -0.369 e. The Morgan fingerprint density at radius 3 is 3.06 bits per heavy atom. The van der Waals surface area contributed by atoms with Crippen molar-refractivity contribution in [2.24, 2.45) is 5.73 Å². The van der Waals surface area contributed by atoms with Crippen LogP contribution in [0.25, 0.3) is 0 Å². The molecule has 1 unspecified atom stereocenters. The van der Waals surface area contributed by atoms with Gasteiger partial charge < -0.3 is 16.0 Å². The maximum Gasteiger partial charge on any atom is 0.0470 e. The zero-order valence-electron chi connectivity index (χ0n) is 10.3. The predicted molar refractivity (Wildman–Crippen MR) is 71.4 cm³/mol. The van der Waals surface area contributed by atoms with Crippen LogP contribution in [0, 0.1) is 0 Å². The van der Waals surface area contributed by atoms with E-state index in [2.05, 4.69) is 34.5 Å². The van der Waals surface area contributed by atoms with E-state index in [1.54, 1.807) is 0 Å². The Morgan fingerprint density at radius 1 is 1.35 bits per heavy atom. The zero-order chi connectivity index (χ0) is 11.7. The van der Waals surface area contributed by atoms with Crippen LogP contribution in [0.3, 0.4) is 0 Å². The number of rotatable bonds is 2. The molecule has 0 aromatic heterocycles. The Bertz CT molecular complexity index is 396. The quantitative estimate of drug-likeness (QED) is 0.801. The molecule has 3 nitrogen and oxygen atoms in total. The Morgan fingerprint density at radius 2 is 2.24 bits per heavy atom. The van der Waals surface area contributed by atoms with Gasteiger partial charge in [0.1, 0.15) is 0 Å². The summed E-state index contributed by atoms with van der Waals surface area (Å²) < 4.78 is 0. The number of hydrogen-bond donors (Lipinski definition) is 2. The maximum atomic E-state index is 6.44. The summed E-state index contributed by atoms with van der Waals surface area (Å²) in [6, 6.07) is 8.75. The summed E-state index contributed by atoms with van der Waals surface area (Å²) in [4.78, 5) is 2.48. The van der Waals surface area contributed by atoms with Gasteiger partial charge in [-0.25, -0.2) is 0 Å². The molecule has 1 saturated heterocycles. The number of benzene rings is 1. The summed E-state index contributed by atoms with van der Waals surface area (Å²) >= 11 is 0. The van der Waals surface area contributed by atoms with Gasteiger partial charge in [0.05, 0.1) is 0 Å². The Hall–Kier alpha value is -1.06. The summed E-state index contributed by atoms with van der Waals surface area (Å²) in [6.07, 6.45) is 3.55. The van der Waals surface area contributed by atoms with Gasteiger partial charge in [-0.05, 0) is 37.4 Å². The van der Waals surface area contributed by atoms with Crippen molar-refractivity contribution >= 4 is 5.69 Å².